The van der Waals surface area contributed by atoms with E-state index in [4.69, 9.17) is 11.6 Å². The predicted octanol–water partition coefficient (Wildman–Crippen LogP) is 6.77. The first-order valence-corrected chi connectivity index (χ1v) is 10.1. The third-order valence-corrected chi connectivity index (χ3v) is 6.28. The van der Waals surface area contributed by atoms with Crippen LogP contribution in [0.5, 0.6) is 5.88 Å². The van der Waals surface area contributed by atoms with Crippen LogP contribution in [0.2, 0.25) is 5.02 Å². The molecule has 0 aliphatic carbocycles. The number of hydrogen-bond acceptors (Lipinski definition) is 4. The van der Waals surface area contributed by atoms with Crippen LogP contribution in [-0.4, -0.2) is 21.2 Å². The van der Waals surface area contributed by atoms with Gasteiger partial charge < -0.3 is 9.67 Å². The molecule has 1 fully saturated rings. The molecule has 0 bridgehead atoms. The third kappa shape index (κ3) is 3.07. The lowest BCUT2D eigenvalue weighted by Gasteiger charge is -2.27. The maximum atomic E-state index is 10.8. The number of nitrogens with zero attached hydrogens (tertiary/aromatic N) is 3. The molecule has 128 valence electrons. The summed E-state index contributed by atoms with van der Waals surface area (Å²) in [4.78, 5) is 0. The molecule has 1 aliphatic heterocycles. The van der Waals surface area contributed by atoms with Crippen molar-refractivity contribution in [2.45, 2.75) is 13.0 Å². The van der Waals surface area contributed by atoms with E-state index < -0.39 is 0 Å². The van der Waals surface area contributed by atoms with E-state index in [2.05, 4.69) is 26.2 Å². The van der Waals surface area contributed by atoms with Crippen molar-refractivity contribution < 1.29 is 5.11 Å². The van der Waals surface area contributed by atoms with Gasteiger partial charge in [0.1, 0.15) is 0 Å². The third-order valence-electron chi connectivity index (χ3n) is 4.32. The van der Waals surface area contributed by atoms with Crippen molar-refractivity contribution in [3.63, 3.8) is 0 Å². The average molecular weight is 437 g/mol. The van der Waals surface area contributed by atoms with Crippen LogP contribution < -0.4 is 0 Å². The number of benzene rings is 2. The largest absolute Gasteiger partial charge is 0.493 e. The molecule has 0 amide bonds. The Balaban J connectivity index is 1.84. The predicted molar refractivity (Wildman–Crippen MR) is 108 cm³/mol. The number of hydrogen-bond donors (Lipinski definition) is 1. The minimum absolute atomic E-state index is 0.175. The molecule has 7 heteroatoms. The zero-order valence-electron chi connectivity index (χ0n) is 13.4. The van der Waals surface area contributed by atoms with Crippen molar-refractivity contribution in [3.05, 3.63) is 51.5 Å². The first kappa shape index (κ1) is 16.9. The van der Waals surface area contributed by atoms with Crippen molar-refractivity contribution in [1.29, 1.82) is 0 Å². The Morgan fingerprint density at radius 3 is 2.68 bits per heavy atom. The number of halogens is 2. The fourth-order valence-corrected chi connectivity index (χ4v) is 4.26. The second-order valence-corrected chi connectivity index (χ2v) is 8.45. The fourth-order valence-electron chi connectivity index (χ4n) is 2.93. The summed E-state index contributed by atoms with van der Waals surface area (Å²) < 4.78 is 2.92. The van der Waals surface area contributed by atoms with Gasteiger partial charge in [0, 0.05) is 26.4 Å². The summed E-state index contributed by atoms with van der Waals surface area (Å²) in [5.74, 6) is 2.18. The average Bonchev–Trinajstić information content (AvgIpc) is 2.77. The minimum atomic E-state index is 0.175. The monoisotopic (exact) mass is 435 g/mol. The van der Waals surface area contributed by atoms with Crippen LogP contribution in [0, 0.1) is 6.92 Å². The van der Waals surface area contributed by atoms with Crippen molar-refractivity contribution >= 4 is 61.6 Å². The van der Waals surface area contributed by atoms with Gasteiger partial charge in [0.2, 0.25) is 5.88 Å². The molecule has 1 aromatic heterocycles. The molecule has 4 rings (SSSR count). The Labute approximate surface area is 163 Å². The molecule has 0 spiro atoms. The van der Waals surface area contributed by atoms with Gasteiger partial charge in [-0.25, -0.2) is 0 Å². The Morgan fingerprint density at radius 1 is 1.20 bits per heavy atom. The van der Waals surface area contributed by atoms with E-state index >= 15 is 0 Å². The highest BCUT2D eigenvalue weighted by molar-refractivity contribution is 9.10. The molecule has 2 heterocycles. The van der Waals surface area contributed by atoms with E-state index in [-0.39, 0.29) is 5.88 Å². The summed E-state index contributed by atoms with van der Waals surface area (Å²) in [6.07, 6.45) is 0. The molecule has 1 saturated heterocycles. The molecule has 2 aromatic carbocycles. The molecule has 1 N–H and O–H groups in total. The number of aromatic hydroxyl groups is 1. The summed E-state index contributed by atoms with van der Waals surface area (Å²) in [5.41, 5.74) is 3.16. The van der Waals surface area contributed by atoms with Crippen molar-refractivity contribution in [2.75, 3.05) is 11.5 Å². The van der Waals surface area contributed by atoms with Crippen LogP contribution in [0.3, 0.4) is 0 Å². The van der Waals surface area contributed by atoms with E-state index in [9.17, 15) is 5.11 Å². The first-order chi connectivity index (χ1) is 12.0. The molecule has 4 nitrogen and oxygen atoms in total. The van der Waals surface area contributed by atoms with Crippen LogP contribution in [0.4, 0.5) is 11.4 Å². The van der Waals surface area contributed by atoms with Crippen molar-refractivity contribution in [1.82, 2.24) is 4.57 Å². The Kier molecular flexibility index (Phi) is 4.52. The first-order valence-electron chi connectivity index (χ1n) is 7.82. The lowest BCUT2D eigenvalue weighted by atomic mass is 10.2. The Hall–Kier alpha value is -1.50. The van der Waals surface area contributed by atoms with E-state index in [1.54, 1.807) is 6.07 Å². The van der Waals surface area contributed by atoms with Gasteiger partial charge in [0.25, 0.3) is 0 Å². The summed E-state index contributed by atoms with van der Waals surface area (Å²) in [5, 5.41) is 21.1. The van der Waals surface area contributed by atoms with Gasteiger partial charge >= 0.3 is 0 Å². The highest BCUT2D eigenvalue weighted by atomic mass is 79.9. The molecule has 0 atom stereocenters. The van der Waals surface area contributed by atoms with Crippen LogP contribution in [0.1, 0.15) is 11.6 Å². The minimum Gasteiger partial charge on any atom is -0.493 e. The smallest absolute Gasteiger partial charge is 0.221 e. The van der Waals surface area contributed by atoms with Crippen LogP contribution in [0.25, 0.3) is 10.9 Å². The second kappa shape index (κ2) is 6.67. The SMILES string of the molecule is Cc1cc(Cl)ccc1N=Nc1c(O)n(C2CSC2)c2ccc(Br)cc12. The highest BCUT2D eigenvalue weighted by Gasteiger charge is 2.27. The van der Waals surface area contributed by atoms with Crippen molar-refractivity contribution in [2.24, 2.45) is 10.2 Å². The Morgan fingerprint density at radius 2 is 2.00 bits per heavy atom. The highest BCUT2D eigenvalue weighted by Crippen LogP contribution is 2.45. The fraction of sp³-hybridized carbons (Fsp3) is 0.222. The lowest BCUT2D eigenvalue weighted by Crippen LogP contribution is -2.22. The van der Waals surface area contributed by atoms with E-state index in [1.165, 1.54) is 0 Å². The second-order valence-electron chi connectivity index (χ2n) is 6.03. The molecule has 0 radical (unpaired) electrons. The number of aryl methyl sites for hydroxylation is 1. The molecule has 1 aliphatic rings. The Bertz CT molecular complexity index is 998. The van der Waals surface area contributed by atoms with Crippen LogP contribution >= 0.6 is 39.3 Å². The van der Waals surface area contributed by atoms with Gasteiger partial charge in [-0.1, -0.05) is 27.5 Å². The molecule has 0 saturated carbocycles. The van der Waals surface area contributed by atoms with Gasteiger partial charge in [-0.15, -0.1) is 5.11 Å². The normalized spacial score (nSPS) is 15.2. The van der Waals surface area contributed by atoms with Crippen molar-refractivity contribution in [3.8, 4) is 5.88 Å². The molecular formula is C18H15BrClN3OS. The molecule has 3 aromatic rings. The number of fused-ring (bicyclic) bond motifs is 1. The summed E-state index contributed by atoms with van der Waals surface area (Å²) in [6, 6.07) is 11.7. The maximum Gasteiger partial charge on any atom is 0.221 e. The van der Waals surface area contributed by atoms with Gasteiger partial charge in [-0.05, 0) is 48.9 Å². The van der Waals surface area contributed by atoms with Crippen LogP contribution in [-0.2, 0) is 0 Å². The van der Waals surface area contributed by atoms with E-state index in [0.717, 1.165) is 38.1 Å². The quantitative estimate of drug-likeness (QED) is 0.460. The number of aromatic nitrogens is 1. The van der Waals surface area contributed by atoms with Gasteiger partial charge in [0.15, 0.2) is 5.69 Å². The lowest BCUT2D eigenvalue weighted by molar-refractivity contribution is 0.406. The number of azo groups is 1. The zero-order chi connectivity index (χ0) is 17.6. The topological polar surface area (TPSA) is 49.9 Å². The molecular weight excluding hydrogens is 422 g/mol. The summed E-state index contributed by atoms with van der Waals surface area (Å²) in [7, 11) is 0. The van der Waals surface area contributed by atoms with E-state index in [0.29, 0.717) is 16.8 Å². The number of thioether (sulfide) groups is 1. The molecule has 0 unspecified atom stereocenters. The van der Waals surface area contributed by atoms with Gasteiger partial charge in [-0.2, -0.15) is 16.9 Å². The standard InChI is InChI=1S/C18H15BrClN3OS/c1-10-6-12(20)3-4-15(10)21-22-17-14-7-11(19)2-5-16(14)23(18(17)24)13-8-25-9-13/h2-7,13,24H,8-9H2,1H3. The molecule has 25 heavy (non-hydrogen) atoms. The van der Waals surface area contributed by atoms with E-state index in [1.807, 2.05) is 53.6 Å². The summed E-state index contributed by atoms with van der Waals surface area (Å²) in [6.45, 7) is 1.94. The number of rotatable bonds is 3. The zero-order valence-corrected chi connectivity index (χ0v) is 16.6. The van der Waals surface area contributed by atoms with Gasteiger partial charge in [-0.3, -0.25) is 0 Å². The summed E-state index contributed by atoms with van der Waals surface area (Å²) >= 11 is 11.4. The van der Waals surface area contributed by atoms with Gasteiger partial charge in [0.05, 0.1) is 17.2 Å². The van der Waals surface area contributed by atoms with Crippen LogP contribution in [0.15, 0.2) is 51.1 Å². The maximum absolute atomic E-state index is 10.8.